The molecule has 1 N–H and O–H groups in total. The minimum atomic E-state index is -3.54. The van der Waals surface area contributed by atoms with Crippen LogP contribution in [-0.2, 0) is 10.0 Å². The summed E-state index contributed by atoms with van der Waals surface area (Å²) < 4.78 is 27.2. The second-order valence-electron chi connectivity index (χ2n) is 6.91. The molecule has 5 heteroatoms. The first-order valence-electron chi connectivity index (χ1n) is 9.87. The summed E-state index contributed by atoms with van der Waals surface area (Å²) in [5.41, 5.74) is 3.24. The first kappa shape index (κ1) is 22.2. The summed E-state index contributed by atoms with van der Waals surface area (Å²) in [4.78, 5) is 12.5. The zero-order valence-corrected chi connectivity index (χ0v) is 18.0. The van der Waals surface area contributed by atoms with E-state index in [0.29, 0.717) is 12.0 Å². The van der Waals surface area contributed by atoms with Gasteiger partial charge in [-0.25, -0.2) is 13.1 Å². The molecule has 0 aliphatic rings. The first-order valence-corrected chi connectivity index (χ1v) is 11.4. The summed E-state index contributed by atoms with van der Waals surface area (Å²) in [5.74, 6) is 5.99. The highest BCUT2D eigenvalue weighted by Gasteiger charge is 2.12. The molecular formula is C26H23NO3S. The summed E-state index contributed by atoms with van der Waals surface area (Å²) in [7, 11) is -3.54. The smallest absolute Gasteiger partial charge is 0.240 e. The molecule has 0 saturated heterocycles. The second kappa shape index (κ2) is 10.5. The van der Waals surface area contributed by atoms with Crippen LogP contribution < -0.4 is 4.72 Å². The van der Waals surface area contributed by atoms with Gasteiger partial charge < -0.3 is 0 Å². The molecule has 0 atom stereocenters. The van der Waals surface area contributed by atoms with E-state index in [1.807, 2.05) is 49.4 Å². The maximum absolute atomic E-state index is 12.3. The molecule has 0 aliphatic carbocycles. The largest absolute Gasteiger partial charge is 0.289 e. The van der Waals surface area contributed by atoms with E-state index in [-0.39, 0.29) is 17.2 Å². The number of hydrogen-bond donors (Lipinski definition) is 1. The molecule has 156 valence electrons. The van der Waals surface area contributed by atoms with Gasteiger partial charge >= 0.3 is 0 Å². The molecule has 0 radical (unpaired) electrons. The van der Waals surface area contributed by atoms with Crippen LogP contribution in [0.2, 0.25) is 0 Å². The van der Waals surface area contributed by atoms with Crippen molar-refractivity contribution in [2.75, 3.05) is 6.54 Å². The van der Waals surface area contributed by atoms with E-state index in [0.717, 1.165) is 16.7 Å². The lowest BCUT2D eigenvalue weighted by Gasteiger charge is -2.05. The van der Waals surface area contributed by atoms with Crippen molar-refractivity contribution < 1.29 is 13.2 Å². The number of rotatable bonds is 7. The highest BCUT2D eigenvalue weighted by atomic mass is 32.2. The Morgan fingerprint density at radius 3 is 2.35 bits per heavy atom. The van der Waals surface area contributed by atoms with Gasteiger partial charge in [0.1, 0.15) is 0 Å². The maximum Gasteiger partial charge on any atom is 0.240 e. The summed E-state index contributed by atoms with van der Waals surface area (Å²) in [6, 6.07) is 23.3. The second-order valence-corrected chi connectivity index (χ2v) is 8.68. The van der Waals surface area contributed by atoms with Crippen LogP contribution in [0.5, 0.6) is 0 Å². The average Bonchev–Trinajstić information content (AvgIpc) is 2.78. The van der Waals surface area contributed by atoms with Gasteiger partial charge in [-0.05, 0) is 42.8 Å². The van der Waals surface area contributed by atoms with Crippen LogP contribution in [0.15, 0.2) is 89.8 Å². The third-order valence-corrected chi connectivity index (χ3v) is 6.01. The van der Waals surface area contributed by atoms with Crippen LogP contribution in [0.4, 0.5) is 0 Å². The van der Waals surface area contributed by atoms with Crippen molar-refractivity contribution in [2.45, 2.75) is 18.2 Å². The highest BCUT2D eigenvalue weighted by molar-refractivity contribution is 7.89. The lowest BCUT2D eigenvalue weighted by molar-refractivity contribution is 0.104. The Labute approximate surface area is 183 Å². The predicted molar refractivity (Wildman–Crippen MR) is 124 cm³/mol. The van der Waals surface area contributed by atoms with E-state index in [1.54, 1.807) is 42.5 Å². The first-order chi connectivity index (χ1) is 15.0. The van der Waals surface area contributed by atoms with Crippen LogP contribution in [0.1, 0.15) is 33.5 Å². The fourth-order valence-corrected chi connectivity index (χ4v) is 3.86. The zero-order chi connectivity index (χ0) is 22.1. The number of carbonyl (C=O) groups is 1. The van der Waals surface area contributed by atoms with E-state index in [9.17, 15) is 13.2 Å². The van der Waals surface area contributed by atoms with Crippen molar-refractivity contribution in [1.29, 1.82) is 0 Å². The van der Waals surface area contributed by atoms with Crippen LogP contribution in [0.25, 0.3) is 6.08 Å². The molecular weight excluding hydrogens is 406 g/mol. The quantitative estimate of drug-likeness (QED) is 0.258. The van der Waals surface area contributed by atoms with Gasteiger partial charge in [-0.2, -0.15) is 0 Å². The number of aryl methyl sites for hydroxylation is 1. The van der Waals surface area contributed by atoms with Crippen LogP contribution in [0.3, 0.4) is 0 Å². The molecule has 3 rings (SSSR count). The molecule has 0 heterocycles. The van der Waals surface area contributed by atoms with Crippen LogP contribution in [0, 0.1) is 18.8 Å². The lowest BCUT2D eigenvalue weighted by atomic mass is 10.1. The molecule has 31 heavy (non-hydrogen) atoms. The van der Waals surface area contributed by atoms with Gasteiger partial charge in [0.2, 0.25) is 10.0 Å². The average molecular weight is 430 g/mol. The number of ketones is 1. The van der Waals surface area contributed by atoms with Crippen molar-refractivity contribution >= 4 is 21.9 Å². The molecule has 0 aliphatic heterocycles. The summed E-state index contributed by atoms with van der Waals surface area (Å²) in [6.07, 6.45) is 3.65. The standard InChI is InChI=1S/C26H23NO3S/c1-21-14-17-25(18-15-21)31(29,30)27-20-8-7-11-22-9-5-6-10-23(22)16-19-26(28)24-12-3-2-4-13-24/h2-6,9-10,12-19,27H,8,20H2,1H3/b19-16+. The van der Waals surface area contributed by atoms with Gasteiger partial charge in [-0.15, -0.1) is 0 Å². The number of carbonyl (C=O) groups excluding carboxylic acids is 1. The number of allylic oxidation sites excluding steroid dienone is 1. The Morgan fingerprint density at radius 2 is 1.61 bits per heavy atom. The number of sulfonamides is 1. The van der Waals surface area contributed by atoms with Gasteiger partial charge in [-0.1, -0.05) is 78.1 Å². The maximum atomic E-state index is 12.3. The van der Waals surface area contributed by atoms with Crippen molar-refractivity contribution in [1.82, 2.24) is 4.72 Å². The Hall–Kier alpha value is -3.46. The molecule has 0 fully saturated rings. The van der Waals surface area contributed by atoms with Gasteiger partial charge in [-0.3, -0.25) is 4.79 Å². The van der Waals surface area contributed by atoms with Gasteiger partial charge in [0, 0.05) is 24.1 Å². The molecule has 0 unspecified atom stereocenters. The van der Waals surface area contributed by atoms with E-state index >= 15 is 0 Å². The highest BCUT2D eigenvalue weighted by Crippen LogP contribution is 2.12. The van der Waals surface area contributed by atoms with Gasteiger partial charge in [0.25, 0.3) is 0 Å². The van der Waals surface area contributed by atoms with Crippen molar-refractivity contribution in [3.8, 4) is 11.8 Å². The molecule has 0 bridgehead atoms. The van der Waals surface area contributed by atoms with Crippen LogP contribution >= 0.6 is 0 Å². The summed E-state index contributed by atoms with van der Waals surface area (Å²) in [5, 5.41) is 0. The molecule has 0 aromatic heterocycles. The predicted octanol–water partition coefficient (Wildman–Crippen LogP) is 4.61. The minimum Gasteiger partial charge on any atom is -0.289 e. The minimum absolute atomic E-state index is 0.0751. The molecule has 0 spiro atoms. The fraction of sp³-hybridized carbons (Fsp3) is 0.115. The SMILES string of the molecule is Cc1ccc(S(=O)(=O)NCCC#Cc2ccccc2/C=C/C(=O)c2ccccc2)cc1. The third kappa shape index (κ3) is 6.51. The van der Waals surface area contributed by atoms with Gasteiger partial charge in [0.05, 0.1) is 4.90 Å². The molecule has 0 saturated carbocycles. The summed E-state index contributed by atoms with van der Waals surface area (Å²) in [6.45, 7) is 2.12. The van der Waals surface area contributed by atoms with Crippen molar-refractivity contribution in [2.24, 2.45) is 0 Å². The third-order valence-electron chi connectivity index (χ3n) is 4.53. The van der Waals surface area contributed by atoms with Crippen LogP contribution in [-0.4, -0.2) is 20.7 Å². The Balaban J connectivity index is 1.61. The lowest BCUT2D eigenvalue weighted by Crippen LogP contribution is -2.24. The number of nitrogens with one attached hydrogen (secondary N) is 1. The molecule has 0 amide bonds. The van der Waals surface area contributed by atoms with E-state index in [1.165, 1.54) is 6.08 Å². The zero-order valence-electron chi connectivity index (χ0n) is 17.2. The molecule has 4 nitrogen and oxygen atoms in total. The normalized spacial score (nSPS) is 11.1. The Bertz CT molecular complexity index is 1230. The van der Waals surface area contributed by atoms with Crippen molar-refractivity contribution in [3.63, 3.8) is 0 Å². The van der Waals surface area contributed by atoms with E-state index < -0.39 is 10.0 Å². The van der Waals surface area contributed by atoms with Gasteiger partial charge in [0.15, 0.2) is 5.78 Å². The number of hydrogen-bond acceptors (Lipinski definition) is 3. The molecule has 3 aromatic rings. The molecule has 3 aromatic carbocycles. The number of benzene rings is 3. The van der Waals surface area contributed by atoms with Crippen molar-refractivity contribution in [3.05, 3.63) is 107 Å². The fourth-order valence-electron chi connectivity index (χ4n) is 2.83. The Kier molecular flexibility index (Phi) is 7.55. The monoisotopic (exact) mass is 429 g/mol. The topological polar surface area (TPSA) is 63.2 Å². The van der Waals surface area contributed by atoms with E-state index in [2.05, 4.69) is 16.6 Å². The summed E-state index contributed by atoms with van der Waals surface area (Å²) >= 11 is 0. The Morgan fingerprint density at radius 1 is 0.935 bits per heavy atom. The van der Waals surface area contributed by atoms with E-state index in [4.69, 9.17) is 0 Å².